The molecule has 3 atom stereocenters. The van der Waals surface area contributed by atoms with Crippen molar-refractivity contribution in [3.63, 3.8) is 0 Å². The maximum absolute atomic E-state index is 12.9. The minimum atomic E-state index is -0.841. The number of nitrogens with zero attached hydrogens (tertiary/aromatic N) is 1. The van der Waals surface area contributed by atoms with Crippen LogP contribution in [-0.2, 0) is 9.59 Å². The lowest BCUT2D eigenvalue weighted by molar-refractivity contribution is -0.153. The van der Waals surface area contributed by atoms with E-state index in [1.54, 1.807) is 26.0 Å². The van der Waals surface area contributed by atoms with Crippen molar-refractivity contribution in [1.29, 1.82) is 0 Å². The molecule has 0 radical (unpaired) electrons. The minimum Gasteiger partial charge on any atom is -0.497 e. The van der Waals surface area contributed by atoms with Crippen LogP contribution < -0.4 is 9.47 Å². The van der Waals surface area contributed by atoms with Gasteiger partial charge in [-0.15, -0.1) is 0 Å². The van der Waals surface area contributed by atoms with Crippen LogP contribution in [0.1, 0.15) is 37.7 Å². The van der Waals surface area contributed by atoms with E-state index in [1.165, 1.54) is 0 Å². The lowest BCUT2D eigenvalue weighted by atomic mass is 9.82. The molecule has 1 saturated carbocycles. The Balaban J connectivity index is 1.73. The molecule has 1 heterocycles. The smallest absolute Gasteiger partial charge is 0.311 e. The molecule has 1 aliphatic carbocycles. The number of methoxy groups -OCH3 is 2. The number of carboxylic acid groups (broad SMARTS) is 1. The van der Waals surface area contributed by atoms with Crippen LogP contribution in [0.3, 0.4) is 0 Å². The Morgan fingerprint density at radius 3 is 2.68 bits per heavy atom. The summed E-state index contributed by atoms with van der Waals surface area (Å²) < 4.78 is 10.7. The zero-order chi connectivity index (χ0) is 18.2. The van der Waals surface area contributed by atoms with E-state index in [0.29, 0.717) is 19.5 Å². The molecule has 6 nitrogen and oxygen atoms in total. The normalized spacial score (nSPS) is 28.4. The molecule has 3 rings (SSSR count). The summed E-state index contributed by atoms with van der Waals surface area (Å²) in [5.41, 5.74) is 0.143. The summed E-state index contributed by atoms with van der Waals surface area (Å²) in [7, 11) is 3.23. The van der Waals surface area contributed by atoms with Gasteiger partial charge in [0.15, 0.2) is 0 Å². The van der Waals surface area contributed by atoms with Gasteiger partial charge in [-0.2, -0.15) is 0 Å². The van der Waals surface area contributed by atoms with Crippen LogP contribution in [0.25, 0.3) is 0 Å². The average Bonchev–Trinajstić information content (AvgIpc) is 3.41. The molecule has 1 amide bonds. The fourth-order valence-electron chi connectivity index (χ4n) is 3.78. The van der Waals surface area contributed by atoms with Gasteiger partial charge in [-0.3, -0.25) is 9.59 Å². The number of likely N-dealkylation sites (tertiary alicyclic amines) is 1. The third kappa shape index (κ3) is 3.30. The maximum atomic E-state index is 12.9. The van der Waals surface area contributed by atoms with E-state index < -0.39 is 11.4 Å². The number of carboxylic acids is 1. The molecule has 0 spiro atoms. The van der Waals surface area contributed by atoms with E-state index in [1.807, 2.05) is 18.2 Å². The molecular weight excluding hydrogens is 322 g/mol. The molecule has 0 bridgehead atoms. The van der Waals surface area contributed by atoms with Crippen molar-refractivity contribution in [2.24, 2.45) is 11.3 Å². The number of piperidine rings is 1. The number of ether oxygens (including phenoxy) is 2. The Kier molecular flexibility index (Phi) is 4.62. The number of carbonyl (C=O) groups excluding carboxylic acids is 1. The standard InChI is InChI=1S/C19H25NO5/c1-19(18(22)23)7-4-8-20(11-19)17(21)15-10-13(15)14-9-12(24-2)5-6-16(14)25-3/h5-6,9,13,15H,4,7-8,10-11H2,1-3H3,(H,22,23). The Morgan fingerprint density at radius 2 is 2.04 bits per heavy atom. The summed E-state index contributed by atoms with van der Waals surface area (Å²) in [4.78, 5) is 26.1. The lowest BCUT2D eigenvalue weighted by Gasteiger charge is -2.37. The predicted molar refractivity (Wildman–Crippen MR) is 92.0 cm³/mol. The van der Waals surface area contributed by atoms with Crippen molar-refractivity contribution in [1.82, 2.24) is 4.90 Å². The van der Waals surface area contributed by atoms with Gasteiger partial charge in [-0.25, -0.2) is 0 Å². The van der Waals surface area contributed by atoms with Crippen molar-refractivity contribution in [3.05, 3.63) is 23.8 Å². The summed E-state index contributed by atoms with van der Waals surface area (Å²) >= 11 is 0. The van der Waals surface area contributed by atoms with Crippen LogP contribution in [0, 0.1) is 11.3 Å². The molecule has 25 heavy (non-hydrogen) atoms. The SMILES string of the molecule is COc1ccc(OC)c(C2CC2C(=O)N2CCCC(C)(C(=O)O)C2)c1. The fourth-order valence-corrected chi connectivity index (χ4v) is 3.78. The monoisotopic (exact) mass is 347 g/mol. The molecule has 2 fully saturated rings. The first-order chi connectivity index (χ1) is 11.9. The van der Waals surface area contributed by atoms with Gasteiger partial charge < -0.3 is 19.5 Å². The summed E-state index contributed by atoms with van der Waals surface area (Å²) in [5, 5.41) is 9.44. The quantitative estimate of drug-likeness (QED) is 0.886. The highest BCUT2D eigenvalue weighted by Gasteiger charge is 2.49. The predicted octanol–water partition coefficient (Wildman–Crippen LogP) is 2.52. The maximum Gasteiger partial charge on any atom is 0.311 e. The van der Waals surface area contributed by atoms with Crippen molar-refractivity contribution >= 4 is 11.9 Å². The van der Waals surface area contributed by atoms with Crippen LogP contribution in [0.5, 0.6) is 11.5 Å². The highest BCUT2D eigenvalue weighted by molar-refractivity contribution is 5.84. The molecule has 1 aromatic rings. The second-order valence-corrected chi connectivity index (χ2v) is 7.29. The summed E-state index contributed by atoms with van der Waals surface area (Å²) in [5.74, 6) is 0.738. The van der Waals surface area contributed by atoms with E-state index in [9.17, 15) is 14.7 Å². The Bertz CT molecular complexity index is 688. The zero-order valence-corrected chi connectivity index (χ0v) is 14.9. The van der Waals surface area contributed by atoms with Crippen LogP contribution in [0.4, 0.5) is 0 Å². The third-order valence-electron chi connectivity index (χ3n) is 5.47. The van der Waals surface area contributed by atoms with Crippen LogP contribution in [-0.4, -0.2) is 49.2 Å². The number of hydrogen-bond donors (Lipinski definition) is 1. The van der Waals surface area contributed by atoms with Crippen LogP contribution >= 0.6 is 0 Å². The lowest BCUT2D eigenvalue weighted by Crippen LogP contribution is -2.49. The first-order valence-electron chi connectivity index (χ1n) is 8.63. The molecule has 1 aliphatic heterocycles. The summed E-state index contributed by atoms with van der Waals surface area (Å²) in [6, 6.07) is 5.62. The second-order valence-electron chi connectivity index (χ2n) is 7.29. The molecule has 6 heteroatoms. The van der Waals surface area contributed by atoms with Gasteiger partial charge in [0.25, 0.3) is 0 Å². The van der Waals surface area contributed by atoms with Crippen LogP contribution in [0.15, 0.2) is 18.2 Å². The van der Waals surface area contributed by atoms with E-state index in [-0.39, 0.29) is 17.7 Å². The summed E-state index contributed by atoms with van der Waals surface area (Å²) in [6.07, 6.45) is 2.11. The average molecular weight is 347 g/mol. The first-order valence-corrected chi connectivity index (χ1v) is 8.63. The Morgan fingerprint density at radius 1 is 1.28 bits per heavy atom. The molecular formula is C19H25NO5. The van der Waals surface area contributed by atoms with Crippen molar-refractivity contribution in [2.75, 3.05) is 27.3 Å². The van der Waals surface area contributed by atoms with E-state index >= 15 is 0 Å². The highest BCUT2D eigenvalue weighted by Crippen LogP contribution is 2.52. The molecule has 0 aromatic heterocycles. The van der Waals surface area contributed by atoms with Crippen LogP contribution in [0.2, 0.25) is 0 Å². The van der Waals surface area contributed by atoms with Gasteiger partial charge in [0.05, 0.1) is 19.6 Å². The van der Waals surface area contributed by atoms with Gasteiger partial charge in [-0.05, 0) is 44.4 Å². The van der Waals surface area contributed by atoms with Gasteiger partial charge in [0, 0.05) is 30.5 Å². The molecule has 136 valence electrons. The van der Waals surface area contributed by atoms with E-state index in [4.69, 9.17) is 9.47 Å². The van der Waals surface area contributed by atoms with Crippen molar-refractivity contribution in [3.8, 4) is 11.5 Å². The molecule has 1 saturated heterocycles. The van der Waals surface area contributed by atoms with E-state index in [2.05, 4.69) is 0 Å². The number of aliphatic carboxylic acids is 1. The largest absolute Gasteiger partial charge is 0.497 e. The van der Waals surface area contributed by atoms with Gasteiger partial charge in [0.2, 0.25) is 5.91 Å². The molecule has 1 aromatic carbocycles. The fraction of sp³-hybridized carbons (Fsp3) is 0.579. The van der Waals surface area contributed by atoms with Gasteiger partial charge >= 0.3 is 5.97 Å². The van der Waals surface area contributed by atoms with E-state index in [0.717, 1.165) is 29.9 Å². The Hall–Kier alpha value is -2.24. The minimum absolute atomic E-state index is 0.0575. The zero-order valence-electron chi connectivity index (χ0n) is 14.9. The first kappa shape index (κ1) is 17.6. The second kappa shape index (κ2) is 6.58. The topological polar surface area (TPSA) is 76.1 Å². The van der Waals surface area contributed by atoms with Crippen molar-refractivity contribution in [2.45, 2.75) is 32.1 Å². The van der Waals surface area contributed by atoms with Gasteiger partial charge in [0.1, 0.15) is 11.5 Å². The third-order valence-corrected chi connectivity index (χ3v) is 5.47. The molecule has 3 unspecified atom stereocenters. The number of amides is 1. The molecule has 1 N–H and O–H groups in total. The number of rotatable bonds is 5. The number of carbonyl (C=O) groups is 2. The Labute approximate surface area is 147 Å². The highest BCUT2D eigenvalue weighted by atomic mass is 16.5. The number of benzene rings is 1. The van der Waals surface area contributed by atoms with Crippen molar-refractivity contribution < 1.29 is 24.2 Å². The molecule has 2 aliphatic rings. The number of hydrogen-bond acceptors (Lipinski definition) is 4. The van der Waals surface area contributed by atoms with Gasteiger partial charge in [-0.1, -0.05) is 0 Å². The summed E-state index contributed by atoms with van der Waals surface area (Å²) in [6.45, 7) is 2.66.